The Kier molecular flexibility index (Phi) is 7.51. The molecule has 3 aromatic rings. The summed E-state index contributed by atoms with van der Waals surface area (Å²) in [6.45, 7) is 1.53. The number of hydrogen-bond acceptors (Lipinski definition) is 6. The molecule has 166 valence electrons. The van der Waals surface area contributed by atoms with Crippen molar-refractivity contribution in [2.45, 2.75) is 6.92 Å². The molecule has 0 spiro atoms. The van der Waals surface area contributed by atoms with E-state index in [-0.39, 0.29) is 16.5 Å². The minimum atomic E-state index is -1.14. The fraction of sp³-hybridized carbons (Fsp3) is 0.174. The third kappa shape index (κ3) is 5.47. The largest absolute Gasteiger partial charge is 0.496 e. The number of rotatable bonds is 9. The van der Waals surface area contributed by atoms with Crippen molar-refractivity contribution in [3.05, 3.63) is 64.7 Å². The molecule has 0 saturated carbocycles. The monoisotopic (exact) mass is 456 g/mol. The minimum absolute atomic E-state index is 0.123. The molecule has 0 unspecified atom stereocenters. The van der Waals surface area contributed by atoms with Crippen molar-refractivity contribution in [3.63, 3.8) is 0 Å². The third-order valence-corrected chi connectivity index (χ3v) is 4.64. The van der Waals surface area contributed by atoms with Crippen molar-refractivity contribution in [2.75, 3.05) is 20.3 Å². The molecular weight excluding hydrogens is 436 g/mol. The maximum absolute atomic E-state index is 12.7. The van der Waals surface area contributed by atoms with Crippen LogP contribution in [0.5, 0.6) is 17.2 Å². The standard InChI is InChI=1S/C23H21ClN2O6/c1-3-31-20-9-14(8-18(24)22(20)32-13-21(27)28)12-25-26-23(29)17-10-15-6-4-5-7-16(15)11-19(17)30-2/h4-12H,3,13H2,1-2H3,(H,26,29)(H,27,28). The number of halogens is 1. The number of amides is 1. The van der Waals surface area contributed by atoms with Gasteiger partial charge in [-0.25, -0.2) is 10.2 Å². The summed E-state index contributed by atoms with van der Waals surface area (Å²) < 4.78 is 16.1. The number of hydrazone groups is 1. The second kappa shape index (κ2) is 10.5. The predicted octanol–water partition coefficient (Wildman–Crippen LogP) is 4.13. The van der Waals surface area contributed by atoms with Crippen LogP contribution in [0, 0.1) is 0 Å². The molecule has 8 nitrogen and oxygen atoms in total. The fourth-order valence-corrected chi connectivity index (χ4v) is 3.26. The fourth-order valence-electron chi connectivity index (χ4n) is 2.99. The lowest BCUT2D eigenvalue weighted by atomic mass is 10.1. The number of methoxy groups -OCH3 is 1. The molecule has 0 radical (unpaired) electrons. The number of carbonyl (C=O) groups excluding carboxylic acids is 1. The van der Waals surface area contributed by atoms with Gasteiger partial charge >= 0.3 is 5.97 Å². The van der Waals surface area contributed by atoms with Crippen molar-refractivity contribution in [1.82, 2.24) is 5.43 Å². The van der Waals surface area contributed by atoms with Crippen molar-refractivity contribution in [2.24, 2.45) is 5.10 Å². The minimum Gasteiger partial charge on any atom is -0.496 e. The maximum atomic E-state index is 12.7. The number of ether oxygens (including phenoxy) is 3. The molecule has 0 fully saturated rings. The summed E-state index contributed by atoms with van der Waals surface area (Å²) >= 11 is 6.22. The van der Waals surface area contributed by atoms with Crippen molar-refractivity contribution in [3.8, 4) is 17.2 Å². The summed E-state index contributed by atoms with van der Waals surface area (Å²) in [5.41, 5.74) is 3.33. The van der Waals surface area contributed by atoms with Gasteiger partial charge in [0.1, 0.15) is 5.75 Å². The van der Waals surface area contributed by atoms with Gasteiger partial charge in [0.05, 0.1) is 30.5 Å². The molecule has 0 atom stereocenters. The summed E-state index contributed by atoms with van der Waals surface area (Å²) in [7, 11) is 1.50. The van der Waals surface area contributed by atoms with E-state index in [1.54, 1.807) is 25.1 Å². The van der Waals surface area contributed by atoms with Crippen molar-refractivity contribution in [1.29, 1.82) is 0 Å². The van der Waals surface area contributed by atoms with Gasteiger partial charge < -0.3 is 19.3 Å². The van der Waals surface area contributed by atoms with Gasteiger partial charge in [-0.05, 0) is 47.5 Å². The highest BCUT2D eigenvalue weighted by atomic mass is 35.5. The Morgan fingerprint density at radius 3 is 2.47 bits per heavy atom. The van der Waals surface area contributed by atoms with Crippen LogP contribution in [0.4, 0.5) is 0 Å². The number of aliphatic carboxylic acids is 1. The second-order valence-corrected chi connectivity index (χ2v) is 6.95. The van der Waals surface area contributed by atoms with E-state index in [0.717, 1.165) is 10.8 Å². The normalized spacial score (nSPS) is 10.8. The molecule has 0 aliphatic rings. The van der Waals surface area contributed by atoms with E-state index in [4.69, 9.17) is 30.9 Å². The van der Waals surface area contributed by atoms with E-state index in [1.807, 2.05) is 24.3 Å². The first-order valence-corrected chi connectivity index (χ1v) is 10.0. The van der Waals surface area contributed by atoms with E-state index in [9.17, 15) is 9.59 Å². The lowest BCUT2D eigenvalue weighted by Gasteiger charge is -2.13. The van der Waals surface area contributed by atoms with Crippen LogP contribution < -0.4 is 19.6 Å². The number of benzene rings is 3. The van der Waals surface area contributed by atoms with Crippen LogP contribution in [0.3, 0.4) is 0 Å². The lowest BCUT2D eigenvalue weighted by molar-refractivity contribution is -0.139. The van der Waals surface area contributed by atoms with Gasteiger partial charge in [0.2, 0.25) is 0 Å². The Morgan fingerprint density at radius 1 is 1.09 bits per heavy atom. The van der Waals surface area contributed by atoms with Gasteiger partial charge in [-0.3, -0.25) is 4.79 Å². The highest BCUT2D eigenvalue weighted by molar-refractivity contribution is 6.32. The van der Waals surface area contributed by atoms with Crippen LogP contribution in [0.2, 0.25) is 5.02 Å². The number of nitrogens with one attached hydrogen (secondary N) is 1. The Hall–Kier alpha value is -3.78. The zero-order valence-corrected chi connectivity index (χ0v) is 18.2. The van der Waals surface area contributed by atoms with Crippen LogP contribution in [0.1, 0.15) is 22.8 Å². The Morgan fingerprint density at radius 2 is 1.81 bits per heavy atom. The number of fused-ring (bicyclic) bond motifs is 1. The zero-order chi connectivity index (χ0) is 23.1. The van der Waals surface area contributed by atoms with E-state index < -0.39 is 18.5 Å². The number of nitrogens with zero attached hydrogens (tertiary/aromatic N) is 1. The molecule has 1 amide bonds. The summed E-state index contributed by atoms with van der Waals surface area (Å²) in [6.07, 6.45) is 1.39. The zero-order valence-electron chi connectivity index (χ0n) is 17.4. The Balaban J connectivity index is 1.80. The van der Waals surface area contributed by atoms with Crippen LogP contribution in [0.25, 0.3) is 10.8 Å². The first-order chi connectivity index (χ1) is 15.4. The van der Waals surface area contributed by atoms with Gasteiger partial charge in [-0.2, -0.15) is 5.10 Å². The van der Waals surface area contributed by atoms with Gasteiger partial charge in [0, 0.05) is 0 Å². The van der Waals surface area contributed by atoms with E-state index in [1.165, 1.54) is 19.4 Å². The first kappa shape index (κ1) is 22.9. The average Bonchev–Trinajstić information content (AvgIpc) is 2.77. The van der Waals surface area contributed by atoms with E-state index >= 15 is 0 Å². The average molecular weight is 457 g/mol. The van der Waals surface area contributed by atoms with Crippen LogP contribution >= 0.6 is 11.6 Å². The van der Waals surface area contributed by atoms with Crippen LogP contribution in [0.15, 0.2) is 53.6 Å². The third-order valence-electron chi connectivity index (χ3n) is 4.36. The molecule has 3 aromatic carbocycles. The van der Waals surface area contributed by atoms with Gasteiger partial charge in [0.25, 0.3) is 5.91 Å². The molecular formula is C23H21ClN2O6. The Labute approximate surface area is 189 Å². The molecule has 0 aliphatic heterocycles. The summed E-state index contributed by atoms with van der Waals surface area (Å²) in [5, 5.41) is 14.8. The summed E-state index contributed by atoms with van der Waals surface area (Å²) in [5.74, 6) is -0.761. The number of carbonyl (C=O) groups is 2. The molecule has 32 heavy (non-hydrogen) atoms. The molecule has 2 N–H and O–H groups in total. The topological polar surface area (TPSA) is 106 Å². The highest BCUT2D eigenvalue weighted by Gasteiger charge is 2.15. The number of carboxylic acid groups (broad SMARTS) is 1. The predicted molar refractivity (Wildman–Crippen MR) is 121 cm³/mol. The molecule has 0 heterocycles. The molecule has 0 saturated heterocycles. The molecule has 0 aromatic heterocycles. The Bertz CT molecular complexity index is 1180. The number of hydrogen-bond donors (Lipinski definition) is 2. The van der Waals surface area contributed by atoms with Crippen molar-refractivity contribution < 1.29 is 28.9 Å². The van der Waals surface area contributed by atoms with E-state index in [2.05, 4.69) is 10.5 Å². The smallest absolute Gasteiger partial charge is 0.341 e. The molecule has 3 rings (SSSR count). The van der Waals surface area contributed by atoms with Gasteiger partial charge in [0.15, 0.2) is 18.1 Å². The van der Waals surface area contributed by atoms with Gasteiger partial charge in [-0.1, -0.05) is 35.9 Å². The highest BCUT2D eigenvalue weighted by Crippen LogP contribution is 2.36. The molecule has 0 aliphatic carbocycles. The number of carboxylic acids is 1. The van der Waals surface area contributed by atoms with E-state index in [0.29, 0.717) is 23.5 Å². The van der Waals surface area contributed by atoms with Crippen molar-refractivity contribution >= 4 is 40.5 Å². The van der Waals surface area contributed by atoms with Crippen LogP contribution in [-0.2, 0) is 4.79 Å². The lowest BCUT2D eigenvalue weighted by Crippen LogP contribution is -2.18. The first-order valence-electron chi connectivity index (χ1n) is 9.64. The second-order valence-electron chi connectivity index (χ2n) is 6.54. The maximum Gasteiger partial charge on any atom is 0.341 e. The van der Waals surface area contributed by atoms with Gasteiger partial charge in [-0.15, -0.1) is 0 Å². The summed E-state index contributed by atoms with van der Waals surface area (Å²) in [4.78, 5) is 23.4. The van der Waals surface area contributed by atoms with Crippen LogP contribution in [-0.4, -0.2) is 43.5 Å². The molecule has 0 bridgehead atoms. The molecule has 9 heteroatoms. The quantitative estimate of drug-likeness (QED) is 0.370. The summed E-state index contributed by atoms with van der Waals surface area (Å²) in [6, 6.07) is 14.3. The SMILES string of the molecule is CCOc1cc(C=NNC(=O)c2cc3ccccc3cc2OC)cc(Cl)c1OCC(=O)O.